The van der Waals surface area contributed by atoms with Gasteiger partial charge in [0.1, 0.15) is 0 Å². The van der Waals surface area contributed by atoms with Gasteiger partial charge in [-0.2, -0.15) is 0 Å². The van der Waals surface area contributed by atoms with Crippen molar-refractivity contribution < 1.29 is 9.90 Å². The number of rotatable bonds is 3. The van der Waals surface area contributed by atoms with E-state index in [-0.39, 0.29) is 0 Å². The molecule has 0 radical (unpaired) electrons. The number of allylic oxidation sites excluding steroid dienone is 1. The van der Waals surface area contributed by atoms with Crippen molar-refractivity contribution in [2.45, 2.75) is 19.3 Å². The summed E-state index contributed by atoms with van der Waals surface area (Å²) in [6, 6.07) is 5.28. The van der Waals surface area contributed by atoms with Crippen LogP contribution in [0.25, 0.3) is 5.57 Å². The molecule has 0 saturated heterocycles. The Kier molecular flexibility index (Phi) is 3.38. The summed E-state index contributed by atoms with van der Waals surface area (Å²) in [5, 5.41) is 9.40. The molecule has 1 aliphatic rings. The van der Waals surface area contributed by atoms with Crippen molar-refractivity contribution in [2.24, 2.45) is 5.92 Å². The van der Waals surface area contributed by atoms with Gasteiger partial charge in [-0.15, -0.1) is 0 Å². The molecule has 0 aromatic heterocycles. The van der Waals surface area contributed by atoms with Crippen LogP contribution in [0.4, 0.5) is 5.69 Å². The standard InChI is InChI=1S/C13H14ClNO2/c14-11-5-4-9(6-12(11)15)10(7-13(16)17)8-2-1-3-8/h4-8H,1-3,15H2,(H,16,17). The van der Waals surface area contributed by atoms with Crippen LogP contribution in [-0.4, -0.2) is 11.1 Å². The molecule has 0 spiro atoms. The van der Waals surface area contributed by atoms with Crippen LogP contribution in [-0.2, 0) is 4.79 Å². The van der Waals surface area contributed by atoms with Crippen LogP contribution in [0.3, 0.4) is 0 Å². The molecule has 3 N–H and O–H groups in total. The number of anilines is 1. The van der Waals surface area contributed by atoms with Gasteiger partial charge in [0.05, 0.1) is 10.7 Å². The highest BCUT2D eigenvalue weighted by Crippen LogP contribution is 2.39. The molecule has 0 heterocycles. The van der Waals surface area contributed by atoms with Crippen LogP contribution in [0, 0.1) is 5.92 Å². The van der Waals surface area contributed by atoms with Crippen molar-refractivity contribution >= 4 is 28.8 Å². The smallest absolute Gasteiger partial charge is 0.328 e. The fraction of sp³-hybridized carbons (Fsp3) is 0.308. The molecule has 0 atom stereocenters. The van der Waals surface area contributed by atoms with Gasteiger partial charge in [0.25, 0.3) is 0 Å². The number of hydrogen-bond donors (Lipinski definition) is 2. The van der Waals surface area contributed by atoms with Gasteiger partial charge in [-0.3, -0.25) is 0 Å². The van der Waals surface area contributed by atoms with Gasteiger partial charge in [-0.05, 0) is 42.0 Å². The molecule has 1 saturated carbocycles. The number of hydrogen-bond acceptors (Lipinski definition) is 2. The molecule has 0 bridgehead atoms. The van der Waals surface area contributed by atoms with E-state index in [1.165, 1.54) is 6.08 Å². The van der Waals surface area contributed by atoms with Gasteiger partial charge in [0.15, 0.2) is 0 Å². The zero-order chi connectivity index (χ0) is 12.4. The first-order chi connectivity index (χ1) is 8.08. The lowest BCUT2D eigenvalue weighted by molar-refractivity contribution is -0.131. The van der Waals surface area contributed by atoms with E-state index >= 15 is 0 Å². The first-order valence-corrected chi connectivity index (χ1v) is 5.95. The Hall–Kier alpha value is -1.48. The van der Waals surface area contributed by atoms with Crippen molar-refractivity contribution in [3.05, 3.63) is 34.9 Å². The van der Waals surface area contributed by atoms with E-state index < -0.39 is 5.97 Å². The van der Waals surface area contributed by atoms with Crippen molar-refractivity contribution in [1.82, 2.24) is 0 Å². The van der Waals surface area contributed by atoms with Gasteiger partial charge < -0.3 is 10.8 Å². The summed E-state index contributed by atoms with van der Waals surface area (Å²) >= 11 is 5.86. The van der Waals surface area contributed by atoms with Crippen LogP contribution in [0.5, 0.6) is 0 Å². The highest BCUT2D eigenvalue weighted by atomic mass is 35.5. The normalized spacial score (nSPS) is 16.6. The molecule has 4 heteroatoms. The van der Waals surface area contributed by atoms with Crippen molar-refractivity contribution in [2.75, 3.05) is 5.73 Å². The van der Waals surface area contributed by atoms with Crippen LogP contribution in [0.15, 0.2) is 24.3 Å². The monoisotopic (exact) mass is 251 g/mol. The number of nitrogen functional groups attached to an aromatic ring is 1. The number of aliphatic carboxylic acids is 1. The van der Waals surface area contributed by atoms with E-state index in [1.807, 2.05) is 6.07 Å². The maximum Gasteiger partial charge on any atom is 0.328 e. The summed E-state index contributed by atoms with van der Waals surface area (Å²) in [6.07, 6.45) is 4.53. The number of carbonyl (C=O) groups is 1. The first kappa shape index (κ1) is 12.0. The molecule has 1 aliphatic carbocycles. The Labute approximate surface area is 105 Å². The average molecular weight is 252 g/mol. The zero-order valence-corrected chi connectivity index (χ0v) is 10.1. The fourth-order valence-electron chi connectivity index (χ4n) is 2.01. The highest BCUT2D eigenvalue weighted by Gasteiger charge is 2.23. The van der Waals surface area contributed by atoms with Gasteiger partial charge in [-0.1, -0.05) is 24.1 Å². The Morgan fingerprint density at radius 2 is 2.18 bits per heavy atom. The third kappa shape index (κ3) is 2.61. The summed E-state index contributed by atoms with van der Waals surface area (Å²) in [5.74, 6) is -0.577. The average Bonchev–Trinajstić information content (AvgIpc) is 2.18. The number of carboxylic acid groups (broad SMARTS) is 1. The largest absolute Gasteiger partial charge is 0.478 e. The second-order valence-electron chi connectivity index (χ2n) is 4.30. The van der Waals surface area contributed by atoms with Crippen LogP contribution >= 0.6 is 11.6 Å². The first-order valence-electron chi connectivity index (χ1n) is 5.58. The summed E-state index contributed by atoms with van der Waals surface area (Å²) in [5.41, 5.74) is 7.94. The van der Waals surface area contributed by atoms with Crippen molar-refractivity contribution in [3.8, 4) is 0 Å². The Balaban J connectivity index is 2.37. The summed E-state index contributed by atoms with van der Waals surface area (Å²) in [4.78, 5) is 10.8. The molecule has 0 aliphatic heterocycles. The molecule has 0 unspecified atom stereocenters. The van der Waals surface area contributed by atoms with Crippen LogP contribution < -0.4 is 5.73 Å². The SMILES string of the molecule is Nc1cc(C(=CC(=O)O)C2CCC2)ccc1Cl. The lowest BCUT2D eigenvalue weighted by Gasteiger charge is -2.28. The topological polar surface area (TPSA) is 63.3 Å². The Morgan fingerprint density at radius 1 is 1.47 bits per heavy atom. The number of benzene rings is 1. The second kappa shape index (κ2) is 4.80. The predicted octanol–water partition coefficient (Wildman–Crippen LogP) is 3.19. The summed E-state index contributed by atoms with van der Waals surface area (Å²) in [7, 11) is 0. The minimum atomic E-state index is -0.916. The predicted molar refractivity (Wildman–Crippen MR) is 68.8 cm³/mol. The fourth-order valence-corrected chi connectivity index (χ4v) is 2.13. The summed E-state index contributed by atoms with van der Waals surface area (Å²) in [6.45, 7) is 0. The lowest BCUT2D eigenvalue weighted by atomic mass is 9.77. The highest BCUT2D eigenvalue weighted by molar-refractivity contribution is 6.33. The van der Waals surface area contributed by atoms with Gasteiger partial charge in [-0.25, -0.2) is 4.79 Å². The number of halogens is 1. The van der Waals surface area contributed by atoms with E-state index in [2.05, 4.69) is 0 Å². The summed E-state index contributed by atoms with van der Waals surface area (Å²) < 4.78 is 0. The molecule has 0 amide bonds. The van der Waals surface area contributed by atoms with E-state index in [1.54, 1.807) is 12.1 Å². The number of nitrogens with two attached hydrogens (primary N) is 1. The third-order valence-electron chi connectivity index (χ3n) is 3.15. The van der Waals surface area contributed by atoms with Crippen molar-refractivity contribution in [3.63, 3.8) is 0 Å². The number of carboxylic acids is 1. The Morgan fingerprint density at radius 3 is 2.65 bits per heavy atom. The van der Waals surface area contributed by atoms with Gasteiger partial charge >= 0.3 is 5.97 Å². The molecule has 3 nitrogen and oxygen atoms in total. The quantitative estimate of drug-likeness (QED) is 0.641. The third-order valence-corrected chi connectivity index (χ3v) is 3.50. The minimum Gasteiger partial charge on any atom is -0.478 e. The molecule has 1 aromatic carbocycles. The molecular weight excluding hydrogens is 238 g/mol. The van der Waals surface area contributed by atoms with Gasteiger partial charge in [0, 0.05) is 6.08 Å². The molecule has 17 heavy (non-hydrogen) atoms. The molecule has 1 fully saturated rings. The minimum absolute atomic E-state index is 0.340. The zero-order valence-electron chi connectivity index (χ0n) is 9.32. The van der Waals surface area contributed by atoms with E-state index in [9.17, 15) is 4.79 Å². The van der Waals surface area contributed by atoms with Crippen LogP contribution in [0.2, 0.25) is 5.02 Å². The second-order valence-corrected chi connectivity index (χ2v) is 4.71. The van der Waals surface area contributed by atoms with E-state index in [0.717, 1.165) is 30.4 Å². The maximum absolute atomic E-state index is 10.8. The molecular formula is C13H14ClNO2. The van der Waals surface area contributed by atoms with E-state index in [4.69, 9.17) is 22.4 Å². The molecule has 90 valence electrons. The lowest BCUT2D eigenvalue weighted by Crippen LogP contribution is -2.14. The molecule has 2 rings (SSSR count). The Bertz CT molecular complexity index is 478. The van der Waals surface area contributed by atoms with Crippen molar-refractivity contribution in [1.29, 1.82) is 0 Å². The van der Waals surface area contributed by atoms with Gasteiger partial charge in [0.2, 0.25) is 0 Å². The van der Waals surface area contributed by atoms with Crippen LogP contribution in [0.1, 0.15) is 24.8 Å². The van der Waals surface area contributed by atoms with E-state index in [0.29, 0.717) is 16.6 Å². The maximum atomic E-state index is 10.8. The molecule has 1 aromatic rings.